The van der Waals surface area contributed by atoms with E-state index in [-0.39, 0.29) is 12.6 Å². The van der Waals surface area contributed by atoms with Gasteiger partial charge in [-0.1, -0.05) is 44.2 Å². The van der Waals surface area contributed by atoms with E-state index in [9.17, 15) is 4.79 Å². The number of ether oxygens (including phenoxy) is 1. The predicted molar refractivity (Wildman–Crippen MR) is 123 cm³/mol. The maximum atomic E-state index is 12.6. The molecule has 4 rings (SSSR count). The van der Waals surface area contributed by atoms with Crippen molar-refractivity contribution in [2.24, 2.45) is 5.92 Å². The number of hydrogen-bond acceptors (Lipinski definition) is 5. The van der Waals surface area contributed by atoms with Gasteiger partial charge in [0, 0.05) is 12.1 Å². The number of oxazole rings is 1. The fraction of sp³-hybridized carbons (Fsp3) is 0.320. The third-order valence-corrected chi connectivity index (χ3v) is 5.33. The first-order valence-electron chi connectivity index (χ1n) is 10.9. The summed E-state index contributed by atoms with van der Waals surface area (Å²) < 4.78 is 13.1. The lowest BCUT2D eigenvalue weighted by atomic mass is 10.0. The number of rotatable bonds is 8. The average Bonchev–Trinajstić information content (AvgIpc) is 3.45. The highest BCUT2D eigenvalue weighted by Crippen LogP contribution is 2.29. The number of nitrogens with one attached hydrogen (secondary N) is 1. The number of carbonyl (C=O) groups excluding carboxylic acids is 1. The van der Waals surface area contributed by atoms with E-state index in [2.05, 4.69) is 41.7 Å². The summed E-state index contributed by atoms with van der Waals surface area (Å²) in [5, 5.41) is 3.04. The molecule has 4 aromatic rings. The smallest absolute Gasteiger partial charge is 0.408 e. The van der Waals surface area contributed by atoms with Gasteiger partial charge < -0.3 is 19.0 Å². The van der Waals surface area contributed by atoms with Crippen molar-refractivity contribution in [3.63, 3.8) is 0 Å². The Morgan fingerprint density at radius 3 is 2.69 bits per heavy atom. The quantitative estimate of drug-likeness (QED) is 0.385. The molecule has 1 atom stereocenters. The molecular weight excluding hydrogens is 404 g/mol. The van der Waals surface area contributed by atoms with Gasteiger partial charge in [0.1, 0.15) is 12.4 Å². The van der Waals surface area contributed by atoms with Crippen LogP contribution >= 0.6 is 0 Å². The van der Waals surface area contributed by atoms with E-state index in [1.807, 2.05) is 42.5 Å². The number of benzene rings is 2. The SMILES string of the molecule is CCn1c([C@@H](CC(C)C)NC(=O)OCc2ccccc2)nc2ccc(-c3cnco3)cc21. The van der Waals surface area contributed by atoms with Gasteiger partial charge in [-0.2, -0.15) is 0 Å². The molecule has 2 aromatic heterocycles. The van der Waals surface area contributed by atoms with Crippen LogP contribution < -0.4 is 5.32 Å². The number of aromatic nitrogens is 3. The molecule has 2 heterocycles. The summed E-state index contributed by atoms with van der Waals surface area (Å²) in [5.74, 6) is 1.89. The molecule has 0 radical (unpaired) electrons. The largest absolute Gasteiger partial charge is 0.445 e. The number of aryl methyl sites for hydroxylation is 1. The highest BCUT2D eigenvalue weighted by molar-refractivity contribution is 5.82. The first-order valence-corrected chi connectivity index (χ1v) is 10.9. The lowest BCUT2D eigenvalue weighted by Crippen LogP contribution is -2.32. The predicted octanol–water partition coefficient (Wildman–Crippen LogP) is 5.72. The summed E-state index contributed by atoms with van der Waals surface area (Å²) in [5.41, 5.74) is 3.75. The third-order valence-electron chi connectivity index (χ3n) is 5.33. The molecule has 0 fully saturated rings. The van der Waals surface area contributed by atoms with Crippen molar-refractivity contribution in [1.82, 2.24) is 19.9 Å². The molecule has 2 aromatic carbocycles. The molecule has 0 spiro atoms. The van der Waals surface area contributed by atoms with Gasteiger partial charge in [0.15, 0.2) is 12.2 Å². The van der Waals surface area contributed by atoms with Crippen molar-refractivity contribution < 1.29 is 13.9 Å². The van der Waals surface area contributed by atoms with Crippen molar-refractivity contribution >= 4 is 17.1 Å². The summed E-state index contributed by atoms with van der Waals surface area (Å²) in [6.07, 6.45) is 3.42. The Hall–Kier alpha value is -3.61. The molecule has 0 aliphatic carbocycles. The van der Waals surface area contributed by atoms with Gasteiger partial charge in [0.2, 0.25) is 0 Å². The van der Waals surface area contributed by atoms with E-state index < -0.39 is 6.09 Å². The normalized spacial score (nSPS) is 12.2. The van der Waals surface area contributed by atoms with Gasteiger partial charge in [0.05, 0.1) is 23.3 Å². The number of fused-ring (bicyclic) bond motifs is 1. The fourth-order valence-electron chi connectivity index (χ4n) is 3.86. The standard InChI is InChI=1S/C25H28N4O3/c1-4-29-22-13-19(23-14-26-16-32-23)10-11-20(22)27-24(29)21(12-17(2)3)28-25(30)31-15-18-8-6-5-7-9-18/h5-11,13-14,16-17,21H,4,12,15H2,1-3H3,(H,28,30)/t21-/m1/s1. The molecule has 7 heteroatoms. The second-order valence-electron chi connectivity index (χ2n) is 8.17. The average molecular weight is 433 g/mol. The molecule has 166 valence electrons. The maximum Gasteiger partial charge on any atom is 0.408 e. The molecule has 0 saturated carbocycles. The molecule has 0 aliphatic heterocycles. The Labute approximate surface area is 187 Å². The Bertz CT molecular complexity index is 1170. The third kappa shape index (κ3) is 4.82. The van der Waals surface area contributed by atoms with Crippen LogP contribution in [0.3, 0.4) is 0 Å². The van der Waals surface area contributed by atoms with Crippen LogP contribution in [0.2, 0.25) is 0 Å². The summed E-state index contributed by atoms with van der Waals surface area (Å²) >= 11 is 0. The number of imidazole rings is 1. The Balaban J connectivity index is 1.60. The molecule has 32 heavy (non-hydrogen) atoms. The summed E-state index contributed by atoms with van der Waals surface area (Å²) in [6, 6.07) is 15.4. The molecule has 1 N–H and O–H groups in total. The molecule has 0 saturated heterocycles. The van der Waals surface area contributed by atoms with Crippen LogP contribution in [0, 0.1) is 5.92 Å². The van der Waals surface area contributed by atoms with Gasteiger partial charge >= 0.3 is 6.09 Å². The van der Waals surface area contributed by atoms with Gasteiger partial charge in [-0.25, -0.2) is 14.8 Å². The van der Waals surface area contributed by atoms with Crippen LogP contribution in [0.4, 0.5) is 4.79 Å². The van der Waals surface area contributed by atoms with E-state index in [0.717, 1.165) is 41.0 Å². The zero-order chi connectivity index (χ0) is 22.5. The minimum Gasteiger partial charge on any atom is -0.445 e. The summed E-state index contributed by atoms with van der Waals surface area (Å²) in [4.78, 5) is 21.5. The second-order valence-corrected chi connectivity index (χ2v) is 8.17. The van der Waals surface area contributed by atoms with Crippen LogP contribution in [0.15, 0.2) is 65.5 Å². The van der Waals surface area contributed by atoms with Crippen molar-refractivity contribution in [1.29, 1.82) is 0 Å². The lowest BCUT2D eigenvalue weighted by molar-refractivity contribution is 0.133. The number of carbonyl (C=O) groups is 1. The van der Waals surface area contributed by atoms with Crippen LogP contribution in [0.1, 0.15) is 44.6 Å². The van der Waals surface area contributed by atoms with Crippen molar-refractivity contribution in [3.8, 4) is 11.3 Å². The maximum absolute atomic E-state index is 12.6. The Morgan fingerprint density at radius 2 is 2.00 bits per heavy atom. The molecular formula is C25H28N4O3. The molecule has 7 nitrogen and oxygen atoms in total. The monoisotopic (exact) mass is 432 g/mol. The van der Waals surface area contributed by atoms with Gasteiger partial charge in [-0.3, -0.25) is 0 Å². The molecule has 1 amide bonds. The number of amides is 1. The first kappa shape index (κ1) is 21.6. The highest BCUT2D eigenvalue weighted by atomic mass is 16.5. The lowest BCUT2D eigenvalue weighted by Gasteiger charge is -2.21. The van der Waals surface area contributed by atoms with E-state index in [1.165, 1.54) is 6.39 Å². The van der Waals surface area contributed by atoms with Crippen LogP contribution in [0.25, 0.3) is 22.4 Å². The highest BCUT2D eigenvalue weighted by Gasteiger charge is 2.24. The second kappa shape index (κ2) is 9.68. The van der Waals surface area contributed by atoms with Crippen molar-refractivity contribution in [3.05, 3.63) is 72.5 Å². The number of alkyl carbamates (subject to hydrolysis) is 1. The fourth-order valence-corrected chi connectivity index (χ4v) is 3.86. The molecule has 0 bridgehead atoms. The van der Waals surface area contributed by atoms with Gasteiger partial charge in [-0.05, 0) is 43.0 Å². The van der Waals surface area contributed by atoms with E-state index >= 15 is 0 Å². The van der Waals surface area contributed by atoms with E-state index in [0.29, 0.717) is 11.7 Å². The number of hydrogen-bond donors (Lipinski definition) is 1. The Morgan fingerprint density at radius 1 is 1.19 bits per heavy atom. The Kier molecular flexibility index (Phi) is 6.54. The van der Waals surface area contributed by atoms with Crippen LogP contribution in [-0.2, 0) is 17.9 Å². The van der Waals surface area contributed by atoms with E-state index in [1.54, 1.807) is 6.20 Å². The summed E-state index contributed by atoms with van der Waals surface area (Å²) in [6.45, 7) is 7.29. The number of nitrogens with zero attached hydrogens (tertiary/aromatic N) is 3. The van der Waals surface area contributed by atoms with Gasteiger partial charge in [-0.15, -0.1) is 0 Å². The first-order chi connectivity index (χ1) is 15.5. The molecule has 0 unspecified atom stereocenters. The molecule has 0 aliphatic rings. The van der Waals surface area contributed by atoms with Gasteiger partial charge in [0.25, 0.3) is 0 Å². The zero-order valence-electron chi connectivity index (χ0n) is 18.6. The van der Waals surface area contributed by atoms with Crippen molar-refractivity contribution in [2.45, 2.75) is 46.4 Å². The van der Waals surface area contributed by atoms with Crippen LogP contribution in [0.5, 0.6) is 0 Å². The zero-order valence-corrected chi connectivity index (χ0v) is 18.6. The van der Waals surface area contributed by atoms with Crippen molar-refractivity contribution in [2.75, 3.05) is 0 Å². The summed E-state index contributed by atoms with van der Waals surface area (Å²) in [7, 11) is 0. The minimum atomic E-state index is -0.448. The minimum absolute atomic E-state index is 0.228. The topological polar surface area (TPSA) is 82.2 Å². The van der Waals surface area contributed by atoms with E-state index in [4.69, 9.17) is 14.1 Å². The van der Waals surface area contributed by atoms with Crippen LogP contribution in [-0.4, -0.2) is 20.6 Å².